The lowest BCUT2D eigenvalue weighted by atomic mass is 9.92. The summed E-state index contributed by atoms with van der Waals surface area (Å²) in [5.41, 5.74) is 2.71. The maximum atomic E-state index is 14.3. The minimum atomic E-state index is -0.801. The number of para-hydroxylation sites is 2. The molecule has 4 aromatic rings. The first kappa shape index (κ1) is 21.3. The van der Waals surface area contributed by atoms with E-state index in [1.807, 2.05) is 54.6 Å². The fourth-order valence-corrected chi connectivity index (χ4v) is 4.24. The summed E-state index contributed by atoms with van der Waals surface area (Å²) < 4.78 is 14.3. The van der Waals surface area contributed by atoms with E-state index < -0.39 is 11.9 Å². The van der Waals surface area contributed by atoms with Crippen molar-refractivity contribution in [1.82, 2.24) is 0 Å². The molecule has 0 unspecified atom stereocenters. The number of carbonyl (C=O) groups excluding carboxylic acids is 2. The van der Waals surface area contributed by atoms with Gasteiger partial charge in [-0.05, 0) is 42.0 Å². The highest BCUT2D eigenvalue weighted by atomic mass is 19.1. The molecular formula is C29H21FN2O2. The van der Waals surface area contributed by atoms with E-state index in [9.17, 15) is 14.0 Å². The number of hydrogen-bond acceptors (Lipinski definition) is 3. The second-order valence-electron chi connectivity index (χ2n) is 7.94. The van der Waals surface area contributed by atoms with Gasteiger partial charge in [-0.15, -0.1) is 0 Å². The van der Waals surface area contributed by atoms with Crippen LogP contribution < -0.4 is 10.2 Å². The molecule has 1 amide bonds. The fraction of sp³-hybridized carbons (Fsp3) is 0.0345. The van der Waals surface area contributed by atoms with Crippen LogP contribution in [0.3, 0.4) is 0 Å². The Hall–Kier alpha value is -4.51. The summed E-state index contributed by atoms with van der Waals surface area (Å²) in [6.07, 6.45) is 0. The summed E-state index contributed by atoms with van der Waals surface area (Å²) in [4.78, 5) is 29.3. The lowest BCUT2D eigenvalue weighted by molar-refractivity contribution is -0.114. The molecule has 0 bridgehead atoms. The van der Waals surface area contributed by atoms with E-state index in [1.54, 1.807) is 53.4 Å². The van der Waals surface area contributed by atoms with Crippen LogP contribution in [0.2, 0.25) is 0 Å². The molecule has 1 atom stereocenters. The number of carbonyl (C=O) groups is 2. The molecule has 5 heteroatoms. The zero-order valence-corrected chi connectivity index (χ0v) is 18.2. The van der Waals surface area contributed by atoms with Gasteiger partial charge in [0.05, 0.1) is 11.6 Å². The molecule has 1 heterocycles. The summed E-state index contributed by atoms with van der Waals surface area (Å²) in [5.74, 6) is -1.09. The van der Waals surface area contributed by atoms with Gasteiger partial charge in [0.15, 0.2) is 5.78 Å². The summed E-state index contributed by atoms with van der Waals surface area (Å²) >= 11 is 0. The molecule has 0 spiro atoms. The first-order chi connectivity index (χ1) is 16.6. The molecule has 1 aliphatic rings. The molecular weight excluding hydrogens is 427 g/mol. The first-order valence-electron chi connectivity index (χ1n) is 10.9. The number of nitrogens with zero attached hydrogens (tertiary/aromatic N) is 1. The molecule has 4 nitrogen and oxygen atoms in total. The molecule has 0 saturated carbocycles. The highest BCUT2D eigenvalue weighted by Crippen LogP contribution is 2.42. The summed E-state index contributed by atoms with van der Waals surface area (Å²) in [7, 11) is 0. The molecule has 166 valence electrons. The zero-order valence-electron chi connectivity index (χ0n) is 18.2. The molecule has 1 N–H and O–H groups in total. The van der Waals surface area contributed by atoms with Gasteiger partial charge in [-0.3, -0.25) is 14.5 Å². The van der Waals surface area contributed by atoms with Gasteiger partial charge >= 0.3 is 0 Å². The molecule has 0 radical (unpaired) electrons. The lowest BCUT2D eigenvalue weighted by Gasteiger charge is -2.27. The third-order valence-corrected chi connectivity index (χ3v) is 5.76. The van der Waals surface area contributed by atoms with E-state index in [1.165, 1.54) is 12.1 Å². The predicted octanol–water partition coefficient (Wildman–Crippen LogP) is 6.16. The van der Waals surface area contributed by atoms with Crippen LogP contribution in [0.25, 0.3) is 0 Å². The second-order valence-corrected chi connectivity index (χ2v) is 7.94. The van der Waals surface area contributed by atoms with Crippen LogP contribution in [0.5, 0.6) is 0 Å². The van der Waals surface area contributed by atoms with E-state index in [-0.39, 0.29) is 23.0 Å². The van der Waals surface area contributed by atoms with E-state index >= 15 is 0 Å². The van der Waals surface area contributed by atoms with Crippen LogP contribution in [-0.2, 0) is 4.79 Å². The number of Topliss-reactive ketones (excluding diaryl/α,β-unsaturated/α-hetero) is 1. The molecule has 4 aromatic carbocycles. The number of ketones is 1. The van der Waals surface area contributed by atoms with Crippen molar-refractivity contribution >= 4 is 23.1 Å². The van der Waals surface area contributed by atoms with E-state index in [0.717, 1.165) is 0 Å². The third kappa shape index (κ3) is 3.99. The van der Waals surface area contributed by atoms with Crippen molar-refractivity contribution in [3.63, 3.8) is 0 Å². The number of benzene rings is 4. The highest BCUT2D eigenvalue weighted by Gasteiger charge is 2.44. The third-order valence-electron chi connectivity index (χ3n) is 5.76. The smallest absolute Gasteiger partial charge is 0.276 e. The lowest BCUT2D eigenvalue weighted by Crippen LogP contribution is -2.31. The second kappa shape index (κ2) is 9.16. The van der Waals surface area contributed by atoms with E-state index in [4.69, 9.17) is 0 Å². The molecule has 0 aliphatic carbocycles. The van der Waals surface area contributed by atoms with Crippen LogP contribution >= 0.6 is 0 Å². The summed E-state index contributed by atoms with van der Waals surface area (Å²) in [6, 6.07) is 32.4. The Morgan fingerprint density at radius 1 is 0.765 bits per heavy atom. The van der Waals surface area contributed by atoms with Crippen molar-refractivity contribution in [2.24, 2.45) is 0 Å². The zero-order chi connectivity index (χ0) is 23.5. The van der Waals surface area contributed by atoms with E-state index in [2.05, 4.69) is 5.32 Å². The average Bonchev–Trinajstić information content (AvgIpc) is 3.17. The van der Waals surface area contributed by atoms with E-state index in [0.29, 0.717) is 22.5 Å². The van der Waals surface area contributed by atoms with Gasteiger partial charge in [-0.1, -0.05) is 78.9 Å². The SMILES string of the molecule is O=C(C1=C(Nc2ccccc2)C(=O)N(c2ccccc2)[C@H]1c1cccc(F)c1)c1ccccc1. The number of amides is 1. The quantitative estimate of drug-likeness (QED) is 0.359. The van der Waals surface area contributed by atoms with Gasteiger partial charge in [0.2, 0.25) is 0 Å². The van der Waals surface area contributed by atoms with Crippen molar-refractivity contribution in [1.29, 1.82) is 0 Å². The van der Waals surface area contributed by atoms with Gasteiger partial charge in [0.1, 0.15) is 11.5 Å². The standard InChI is InChI=1S/C29H21FN2O2/c30-22-14-10-13-21(19-22)27-25(28(33)20-11-4-1-5-12-20)26(31-23-15-6-2-7-16-23)29(34)32(27)24-17-8-3-9-18-24/h1-19,27,31H/t27-/m0/s1. The van der Waals surface area contributed by atoms with Gasteiger partial charge in [0.25, 0.3) is 5.91 Å². The predicted molar refractivity (Wildman–Crippen MR) is 131 cm³/mol. The number of halogens is 1. The van der Waals surface area contributed by atoms with Crippen LogP contribution in [0, 0.1) is 5.82 Å². The number of rotatable bonds is 6. The summed E-state index contributed by atoms with van der Waals surface area (Å²) in [6.45, 7) is 0. The Morgan fingerprint density at radius 3 is 2.03 bits per heavy atom. The number of anilines is 2. The molecule has 34 heavy (non-hydrogen) atoms. The van der Waals surface area contributed by atoms with Crippen molar-refractivity contribution in [2.75, 3.05) is 10.2 Å². The maximum Gasteiger partial charge on any atom is 0.276 e. The van der Waals surface area contributed by atoms with Gasteiger partial charge in [-0.25, -0.2) is 4.39 Å². The number of hydrogen-bond donors (Lipinski definition) is 1. The summed E-state index contributed by atoms with van der Waals surface area (Å²) in [5, 5.41) is 3.18. The van der Waals surface area contributed by atoms with Crippen LogP contribution in [0.1, 0.15) is 22.0 Å². The molecule has 0 fully saturated rings. The molecule has 5 rings (SSSR count). The van der Waals surface area contributed by atoms with Gasteiger partial charge in [0, 0.05) is 16.9 Å². The van der Waals surface area contributed by atoms with Gasteiger partial charge < -0.3 is 5.32 Å². The minimum Gasteiger partial charge on any atom is -0.351 e. The minimum absolute atomic E-state index is 0.179. The Bertz CT molecular complexity index is 1370. The fourth-order valence-electron chi connectivity index (χ4n) is 4.24. The molecule has 1 aliphatic heterocycles. The Morgan fingerprint density at radius 2 is 1.38 bits per heavy atom. The Labute approximate surface area is 197 Å². The van der Waals surface area contributed by atoms with Crippen LogP contribution in [0.4, 0.5) is 15.8 Å². The van der Waals surface area contributed by atoms with Crippen molar-refractivity contribution in [2.45, 2.75) is 6.04 Å². The number of nitrogens with one attached hydrogen (secondary N) is 1. The maximum absolute atomic E-state index is 14.3. The van der Waals surface area contributed by atoms with Gasteiger partial charge in [-0.2, -0.15) is 0 Å². The average molecular weight is 448 g/mol. The Balaban J connectivity index is 1.74. The normalized spacial score (nSPS) is 15.5. The van der Waals surface area contributed by atoms with Crippen molar-refractivity contribution in [3.05, 3.63) is 143 Å². The first-order valence-corrected chi connectivity index (χ1v) is 10.9. The largest absolute Gasteiger partial charge is 0.351 e. The monoisotopic (exact) mass is 448 g/mol. The van der Waals surface area contributed by atoms with Crippen LogP contribution in [0.15, 0.2) is 127 Å². The molecule has 0 saturated heterocycles. The topological polar surface area (TPSA) is 49.4 Å². The highest BCUT2D eigenvalue weighted by molar-refractivity contribution is 6.23. The van der Waals surface area contributed by atoms with Crippen molar-refractivity contribution in [3.8, 4) is 0 Å². The molecule has 0 aromatic heterocycles. The van der Waals surface area contributed by atoms with Crippen LogP contribution in [-0.4, -0.2) is 11.7 Å². The Kier molecular flexibility index (Phi) is 5.75. The van der Waals surface area contributed by atoms with Crippen molar-refractivity contribution < 1.29 is 14.0 Å².